The molecule has 0 fully saturated rings. The monoisotopic (exact) mass is 267 g/mol. The highest BCUT2D eigenvalue weighted by molar-refractivity contribution is 5.89. The molecule has 0 spiro atoms. The maximum atomic E-state index is 12.1. The van der Waals surface area contributed by atoms with E-state index in [1.165, 1.54) is 4.68 Å². The van der Waals surface area contributed by atoms with Crippen molar-refractivity contribution in [3.05, 3.63) is 54.1 Å². The first-order valence-electron chi connectivity index (χ1n) is 6.28. The molecular weight excluding hydrogens is 254 g/mol. The Morgan fingerprint density at radius 3 is 2.75 bits per heavy atom. The van der Waals surface area contributed by atoms with Gasteiger partial charge in [-0.25, -0.2) is 0 Å². The minimum atomic E-state index is -0.248. The number of carbonyl (C=O) groups is 1. The molecular formula is C15H13N3O2. The van der Waals surface area contributed by atoms with Gasteiger partial charge in [0.05, 0.1) is 5.52 Å². The van der Waals surface area contributed by atoms with E-state index in [1.807, 2.05) is 49.4 Å². The van der Waals surface area contributed by atoms with Crippen molar-refractivity contribution in [2.45, 2.75) is 6.92 Å². The number of aromatic nitrogens is 3. The molecule has 0 amide bonds. The number of fused-ring (bicyclic) bond motifs is 1. The average molecular weight is 267 g/mol. The summed E-state index contributed by atoms with van der Waals surface area (Å²) in [7, 11) is 0. The summed E-state index contributed by atoms with van der Waals surface area (Å²) in [5.74, 6) is 0.451. The lowest BCUT2D eigenvalue weighted by molar-refractivity contribution is 0.0824. The van der Waals surface area contributed by atoms with Crippen molar-refractivity contribution in [2.24, 2.45) is 0 Å². The van der Waals surface area contributed by atoms with Gasteiger partial charge in [0, 0.05) is 0 Å². The molecule has 20 heavy (non-hydrogen) atoms. The number of ether oxygens (including phenoxy) is 1. The summed E-state index contributed by atoms with van der Waals surface area (Å²) in [6.45, 7) is 1.86. The fourth-order valence-electron chi connectivity index (χ4n) is 1.97. The second-order valence-corrected chi connectivity index (χ2v) is 4.44. The van der Waals surface area contributed by atoms with Gasteiger partial charge in [-0.05, 0) is 30.7 Å². The molecule has 0 saturated heterocycles. The van der Waals surface area contributed by atoms with E-state index in [2.05, 4.69) is 10.3 Å². The Balaban J connectivity index is 1.79. The highest BCUT2D eigenvalue weighted by Gasteiger charge is 2.12. The first-order chi connectivity index (χ1) is 9.75. The van der Waals surface area contributed by atoms with Gasteiger partial charge in [0.25, 0.3) is 5.91 Å². The Kier molecular flexibility index (Phi) is 3.16. The van der Waals surface area contributed by atoms with Crippen LogP contribution in [0.25, 0.3) is 11.0 Å². The van der Waals surface area contributed by atoms with Crippen molar-refractivity contribution >= 4 is 16.9 Å². The van der Waals surface area contributed by atoms with Crippen LogP contribution in [0.15, 0.2) is 48.5 Å². The molecule has 1 heterocycles. The van der Waals surface area contributed by atoms with Crippen molar-refractivity contribution in [1.29, 1.82) is 0 Å². The Morgan fingerprint density at radius 2 is 1.90 bits per heavy atom. The van der Waals surface area contributed by atoms with Crippen LogP contribution in [0.2, 0.25) is 0 Å². The number of hydrogen-bond donors (Lipinski definition) is 0. The van der Waals surface area contributed by atoms with Gasteiger partial charge in [0.15, 0.2) is 6.61 Å². The zero-order valence-electron chi connectivity index (χ0n) is 11.0. The van der Waals surface area contributed by atoms with Crippen LogP contribution in [-0.2, 0) is 0 Å². The Labute approximate surface area is 115 Å². The van der Waals surface area contributed by atoms with Gasteiger partial charge in [0.1, 0.15) is 11.3 Å². The summed E-state index contributed by atoms with van der Waals surface area (Å²) in [4.78, 5) is 12.1. The van der Waals surface area contributed by atoms with Crippen molar-refractivity contribution < 1.29 is 9.53 Å². The lowest BCUT2D eigenvalue weighted by Gasteiger charge is -2.07. The predicted octanol–water partition coefficient (Wildman–Crippen LogP) is 2.46. The van der Waals surface area contributed by atoms with Crippen LogP contribution in [-0.4, -0.2) is 27.5 Å². The molecule has 0 bridgehead atoms. The summed E-state index contributed by atoms with van der Waals surface area (Å²) >= 11 is 0. The molecule has 100 valence electrons. The molecule has 0 radical (unpaired) electrons. The van der Waals surface area contributed by atoms with E-state index in [1.54, 1.807) is 6.07 Å². The van der Waals surface area contributed by atoms with Crippen molar-refractivity contribution in [3.8, 4) is 5.75 Å². The molecule has 5 heteroatoms. The van der Waals surface area contributed by atoms with Crippen LogP contribution in [0.3, 0.4) is 0 Å². The van der Waals surface area contributed by atoms with Gasteiger partial charge < -0.3 is 4.74 Å². The molecule has 3 aromatic rings. The minimum absolute atomic E-state index is 0.0712. The van der Waals surface area contributed by atoms with Crippen LogP contribution in [0, 0.1) is 6.92 Å². The molecule has 0 aliphatic carbocycles. The van der Waals surface area contributed by atoms with Gasteiger partial charge in [-0.15, -0.1) is 5.10 Å². The molecule has 2 aromatic carbocycles. The number of benzene rings is 2. The molecule has 0 aliphatic heterocycles. The first-order valence-corrected chi connectivity index (χ1v) is 6.28. The molecule has 3 rings (SSSR count). The third-order valence-corrected chi connectivity index (χ3v) is 3.03. The number of para-hydroxylation sites is 2. The zero-order valence-corrected chi connectivity index (χ0v) is 11.0. The topological polar surface area (TPSA) is 57.0 Å². The molecule has 0 N–H and O–H groups in total. The largest absolute Gasteiger partial charge is 0.483 e. The SMILES string of the molecule is Cc1ccccc1OCC(=O)n1nnc2ccccc21. The quantitative estimate of drug-likeness (QED) is 0.731. The maximum absolute atomic E-state index is 12.1. The Bertz CT molecular complexity index is 764. The van der Waals surface area contributed by atoms with E-state index in [-0.39, 0.29) is 12.5 Å². The molecule has 5 nitrogen and oxygen atoms in total. The fourth-order valence-corrected chi connectivity index (χ4v) is 1.97. The van der Waals surface area contributed by atoms with Crippen LogP contribution in [0.1, 0.15) is 10.4 Å². The van der Waals surface area contributed by atoms with E-state index < -0.39 is 0 Å². The Morgan fingerprint density at radius 1 is 1.15 bits per heavy atom. The van der Waals surface area contributed by atoms with E-state index in [9.17, 15) is 4.79 Å². The molecule has 0 aliphatic rings. The smallest absolute Gasteiger partial charge is 0.286 e. The maximum Gasteiger partial charge on any atom is 0.286 e. The number of rotatable bonds is 3. The number of carbonyl (C=O) groups excluding carboxylic acids is 1. The van der Waals surface area contributed by atoms with Crippen molar-refractivity contribution in [1.82, 2.24) is 15.0 Å². The molecule has 0 unspecified atom stereocenters. The second-order valence-electron chi connectivity index (χ2n) is 4.44. The van der Waals surface area contributed by atoms with Gasteiger partial charge >= 0.3 is 0 Å². The minimum Gasteiger partial charge on any atom is -0.483 e. The average Bonchev–Trinajstić information content (AvgIpc) is 2.90. The second kappa shape index (κ2) is 5.13. The summed E-state index contributed by atoms with van der Waals surface area (Å²) < 4.78 is 6.80. The van der Waals surface area contributed by atoms with Crippen LogP contribution in [0.4, 0.5) is 0 Å². The summed E-state index contributed by atoms with van der Waals surface area (Å²) in [5.41, 5.74) is 2.37. The third-order valence-electron chi connectivity index (χ3n) is 3.03. The number of hydrogen-bond acceptors (Lipinski definition) is 4. The molecule has 1 aromatic heterocycles. The normalized spacial score (nSPS) is 10.7. The predicted molar refractivity (Wildman–Crippen MR) is 74.8 cm³/mol. The summed E-state index contributed by atoms with van der Waals surface area (Å²) in [6.07, 6.45) is 0. The standard InChI is InChI=1S/C15H13N3O2/c1-11-6-2-5-9-14(11)20-10-15(19)18-13-8-4-3-7-12(13)16-17-18/h2-9H,10H2,1H3. The highest BCUT2D eigenvalue weighted by Crippen LogP contribution is 2.16. The molecule has 0 atom stereocenters. The highest BCUT2D eigenvalue weighted by atomic mass is 16.5. The summed E-state index contributed by atoms with van der Waals surface area (Å²) in [6, 6.07) is 14.9. The summed E-state index contributed by atoms with van der Waals surface area (Å²) in [5, 5.41) is 7.82. The molecule has 0 saturated carbocycles. The van der Waals surface area contributed by atoms with Crippen LogP contribution >= 0.6 is 0 Å². The third kappa shape index (κ3) is 2.25. The van der Waals surface area contributed by atoms with E-state index in [0.717, 1.165) is 5.56 Å². The van der Waals surface area contributed by atoms with Gasteiger partial charge in [-0.2, -0.15) is 4.68 Å². The van der Waals surface area contributed by atoms with Gasteiger partial charge in [-0.3, -0.25) is 4.79 Å². The zero-order chi connectivity index (χ0) is 13.9. The van der Waals surface area contributed by atoms with Gasteiger partial charge in [-0.1, -0.05) is 35.5 Å². The van der Waals surface area contributed by atoms with Crippen molar-refractivity contribution in [2.75, 3.05) is 6.61 Å². The lowest BCUT2D eigenvalue weighted by atomic mass is 10.2. The number of aryl methyl sites for hydroxylation is 1. The van der Waals surface area contributed by atoms with Gasteiger partial charge in [0.2, 0.25) is 0 Å². The van der Waals surface area contributed by atoms with Crippen LogP contribution in [0.5, 0.6) is 5.75 Å². The van der Waals surface area contributed by atoms with Crippen LogP contribution < -0.4 is 4.74 Å². The first kappa shape index (κ1) is 12.3. The lowest BCUT2D eigenvalue weighted by Crippen LogP contribution is -2.20. The van der Waals surface area contributed by atoms with E-state index >= 15 is 0 Å². The fraction of sp³-hybridized carbons (Fsp3) is 0.133. The van der Waals surface area contributed by atoms with Crippen molar-refractivity contribution in [3.63, 3.8) is 0 Å². The van der Waals surface area contributed by atoms with E-state index in [4.69, 9.17) is 4.74 Å². The Hall–Kier alpha value is -2.69. The van der Waals surface area contributed by atoms with E-state index in [0.29, 0.717) is 16.8 Å². The number of nitrogens with zero attached hydrogens (tertiary/aromatic N) is 3.